The molecule has 32 heavy (non-hydrogen) atoms. The van der Waals surface area contributed by atoms with Gasteiger partial charge >= 0.3 is 0 Å². The number of aromatic nitrogens is 1. The van der Waals surface area contributed by atoms with Crippen LogP contribution in [0.2, 0.25) is 0 Å². The van der Waals surface area contributed by atoms with Crippen LogP contribution < -0.4 is 5.32 Å². The van der Waals surface area contributed by atoms with Crippen LogP contribution in [0, 0.1) is 5.82 Å². The molecule has 1 heterocycles. The van der Waals surface area contributed by atoms with Gasteiger partial charge in [0.15, 0.2) is 0 Å². The zero-order chi connectivity index (χ0) is 21.8. The molecule has 0 fully saturated rings. The fourth-order valence-corrected chi connectivity index (χ4v) is 4.18. The largest absolute Gasteiger partial charge is 0.343 e. The molecule has 0 bridgehead atoms. The summed E-state index contributed by atoms with van der Waals surface area (Å²) in [7, 11) is 0. The number of rotatable bonds is 7. The molecule has 0 amide bonds. The third-order valence-corrected chi connectivity index (χ3v) is 5.82. The first-order valence-electron chi connectivity index (χ1n) is 10.9. The topological polar surface area (TPSA) is 17.0 Å². The van der Waals surface area contributed by atoms with Gasteiger partial charge in [0.1, 0.15) is 5.82 Å². The van der Waals surface area contributed by atoms with E-state index >= 15 is 0 Å². The molecular formula is C29H25FN2. The van der Waals surface area contributed by atoms with E-state index in [1.165, 1.54) is 45.3 Å². The Labute approximate surface area is 188 Å². The lowest BCUT2D eigenvalue weighted by atomic mass is 10.0. The third-order valence-electron chi connectivity index (χ3n) is 5.82. The van der Waals surface area contributed by atoms with Crippen molar-refractivity contribution in [3.63, 3.8) is 0 Å². The molecule has 5 rings (SSSR count). The molecule has 4 aromatic carbocycles. The Morgan fingerprint density at radius 2 is 1.38 bits per heavy atom. The fourth-order valence-electron chi connectivity index (χ4n) is 4.18. The summed E-state index contributed by atoms with van der Waals surface area (Å²) < 4.78 is 15.5. The molecule has 158 valence electrons. The average molecular weight is 421 g/mol. The smallest absolute Gasteiger partial charge is 0.123 e. The minimum Gasteiger partial charge on any atom is -0.343 e. The van der Waals surface area contributed by atoms with E-state index in [2.05, 4.69) is 82.8 Å². The Bertz CT molecular complexity index is 1310. The molecule has 0 saturated carbocycles. The van der Waals surface area contributed by atoms with E-state index in [-0.39, 0.29) is 5.82 Å². The van der Waals surface area contributed by atoms with E-state index in [1.807, 2.05) is 24.3 Å². The Balaban J connectivity index is 1.46. The van der Waals surface area contributed by atoms with Crippen LogP contribution in [-0.2, 0) is 19.6 Å². The summed E-state index contributed by atoms with van der Waals surface area (Å²) in [5, 5.41) is 4.79. The summed E-state index contributed by atoms with van der Waals surface area (Å²) in [4.78, 5) is 0. The second-order valence-electron chi connectivity index (χ2n) is 8.10. The monoisotopic (exact) mass is 420 g/mol. The first kappa shape index (κ1) is 20.2. The van der Waals surface area contributed by atoms with Gasteiger partial charge < -0.3 is 9.88 Å². The lowest BCUT2D eigenvalue weighted by molar-refractivity contribution is 0.625. The van der Waals surface area contributed by atoms with Gasteiger partial charge in [-0.25, -0.2) is 4.39 Å². The van der Waals surface area contributed by atoms with Crippen LogP contribution in [0.25, 0.3) is 22.0 Å². The highest BCUT2D eigenvalue weighted by molar-refractivity contribution is 5.88. The third kappa shape index (κ3) is 4.48. The van der Waals surface area contributed by atoms with E-state index in [0.717, 1.165) is 18.7 Å². The maximum absolute atomic E-state index is 13.2. The normalized spacial score (nSPS) is 11.2. The van der Waals surface area contributed by atoms with Crippen LogP contribution >= 0.6 is 0 Å². The van der Waals surface area contributed by atoms with Crippen molar-refractivity contribution in [1.29, 1.82) is 0 Å². The van der Waals surface area contributed by atoms with Crippen molar-refractivity contribution in [1.82, 2.24) is 9.88 Å². The Hall–Kier alpha value is -3.69. The van der Waals surface area contributed by atoms with E-state index in [1.54, 1.807) is 0 Å². The number of hydrogen-bond acceptors (Lipinski definition) is 1. The number of benzene rings is 4. The Morgan fingerprint density at radius 3 is 2.12 bits per heavy atom. The number of fused-ring (bicyclic) bond motifs is 1. The van der Waals surface area contributed by atoms with Crippen LogP contribution in [0.15, 0.2) is 109 Å². The van der Waals surface area contributed by atoms with Gasteiger partial charge in [-0.1, -0.05) is 78.9 Å². The number of hydrogen-bond donors (Lipinski definition) is 1. The zero-order valence-corrected chi connectivity index (χ0v) is 17.8. The van der Waals surface area contributed by atoms with Gasteiger partial charge in [-0.15, -0.1) is 0 Å². The van der Waals surface area contributed by atoms with Crippen molar-refractivity contribution in [3.05, 3.63) is 132 Å². The van der Waals surface area contributed by atoms with Gasteiger partial charge in [-0.2, -0.15) is 0 Å². The molecule has 1 N–H and O–H groups in total. The first-order valence-corrected chi connectivity index (χ1v) is 10.9. The predicted octanol–water partition coefficient (Wildman–Crippen LogP) is 6.79. The molecule has 2 nitrogen and oxygen atoms in total. The first-order chi connectivity index (χ1) is 15.8. The Morgan fingerprint density at radius 1 is 0.656 bits per heavy atom. The SMILES string of the molecule is Fc1ccc(CNCc2cn(Cc3ccccc3)c3ccc(-c4ccccc4)cc23)cc1. The van der Waals surface area contributed by atoms with Gasteiger partial charge in [-0.3, -0.25) is 0 Å². The van der Waals surface area contributed by atoms with Crippen molar-refractivity contribution in [3.8, 4) is 11.1 Å². The van der Waals surface area contributed by atoms with Gasteiger partial charge in [0.25, 0.3) is 0 Å². The fraction of sp³-hybridized carbons (Fsp3) is 0.103. The minimum absolute atomic E-state index is 0.203. The highest BCUT2D eigenvalue weighted by Crippen LogP contribution is 2.29. The maximum atomic E-state index is 13.2. The number of halogens is 1. The van der Waals surface area contributed by atoms with E-state index in [0.29, 0.717) is 6.54 Å². The van der Waals surface area contributed by atoms with Gasteiger partial charge in [0.05, 0.1) is 0 Å². The molecule has 0 aliphatic rings. The van der Waals surface area contributed by atoms with Crippen LogP contribution in [0.1, 0.15) is 16.7 Å². The summed E-state index contributed by atoms with van der Waals surface area (Å²) in [5.74, 6) is -0.203. The lowest BCUT2D eigenvalue weighted by Gasteiger charge is -2.07. The molecule has 3 heteroatoms. The second-order valence-corrected chi connectivity index (χ2v) is 8.10. The summed E-state index contributed by atoms with van der Waals surface area (Å²) in [6.07, 6.45) is 2.25. The summed E-state index contributed by atoms with van der Waals surface area (Å²) in [5.41, 5.74) is 7.28. The molecule has 0 atom stereocenters. The molecule has 5 aromatic rings. The van der Waals surface area contributed by atoms with Gasteiger partial charge in [0, 0.05) is 36.7 Å². The van der Waals surface area contributed by atoms with Crippen molar-refractivity contribution in [2.45, 2.75) is 19.6 Å². The quantitative estimate of drug-likeness (QED) is 0.307. The summed E-state index contributed by atoms with van der Waals surface area (Å²) in [6, 6.07) is 34.4. The molecule has 1 aromatic heterocycles. The summed E-state index contributed by atoms with van der Waals surface area (Å²) in [6.45, 7) is 2.28. The zero-order valence-electron chi connectivity index (χ0n) is 17.8. The lowest BCUT2D eigenvalue weighted by Crippen LogP contribution is -2.12. The van der Waals surface area contributed by atoms with E-state index in [4.69, 9.17) is 0 Å². The maximum Gasteiger partial charge on any atom is 0.123 e. The second kappa shape index (κ2) is 9.21. The van der Waals surface area contributed by atoms with E-state index < -0.39 is 0 Å². The molecule has 0 aliphatic heterocycles. The van der Waals surface area contributed by atoms with Crippen LogP contribution in [0.5, 0.6) is 0 Å². The summed E-state index contributed by atoms with van der Waals surface area (Å²) >= 11 is 0. The molecule has 0 aliphatic carbocycles. The standard InChI is InChI=1S/C29H25FN2/c30-27-14-11-22(12-15-27)18-31-19-26-21-32(20-23-7-3-1-4-8-23)29-16-13-25(17-28(26)29)24-9-5-2-6-10-24/h1-17,21,31H,18-20H2. The highest BCUT2D eigenvalue weighted by atomic mass is 19.1. The number of nitrogens with one attached hydrogen (secondary N) is 1. The molecule has 0 unspecified atom stereocenters. The van der Waals surface area contributed by atoms with Crippen molar-refractivity contribution in [2.75, 3.05) is 0 Å². The number of nitrogens with zero attached hydrogens (tertiary/aromatic N) is 1. The Kier molecular flexibility index (Phi) is 5.82. The minimum atomic E-state index is -0.203. The average Bonchev–Trinajstić information content (AvgIpc) is 3.18. The van der Waals surface area contributed by atoms with Crippen molar-refractivity contribution >= 4 is 10.9 Å². The highest BCUT2D eigenvalue weighted by Gasteiger charge is 2.11. The van der Waals surface area contributed by atoms with Crippen molar-refractivity contribution < 1.29 is 4.39 Å². The molecule has 0 radical (unpaired) electrons. The molecule has 0 saturated heterocycles. The van der Waals surface area contributed by atoms with Gasteiger partial charge in [0.2, 0.25) is 0 Å². The van der Waals surface area contributed by atoms with Crippen LogP contribution in [0.4, 0.5) is 4.39 Å². The molecular weight excluding hydrogens is 395 g/mol. The van der Waals surface area contributed by atoms with Crippen LogP contribution in [0.3, 0.4) is 0 Å². The van der Waals surface area contributed by atoms with Crippen LogP contribution in [-0.4, -0.2) is 4.57 Å². The van der Waals surface area contributed by atoms with E-state index in [9.17, 15) is 4.39 Å². The van der Waals surface area contributed by atoms with Crippen molar-refractivity contribution in [2.24, 2.45) is 0 Å². The molecule has 0 spiro atoms. The van der Waals surface area contributed by atoms with Gasteiger partial charge in [-0.05, 0) is 52.1 Å². The predicted molar refractivity (Wildman–Crippen MR) is 130 cm³/mol.